The molecule has 1 N–H and O–H groups in total. The lowest BCUT2D eigenvalue weighted by atomic mass is 9.74. The Hall–Kier alpha value is -2.60. The van der Waals surface area contributed by atoms with E-state index in [-0.39, 0.29) is 18.4 Å². The van der Waals surface area contributed by atoms with Gasteiger partial charge in [-0.25, -0.2) is 0 Å². The van der Waals surface area contributed by atoms with Crippen molar-refractivity contribution >= 4 is 11.9 Å². The van der Waals surface area contributed by atoms with Crippen LogP contribution in [0.4, 0.5) is 0 Å². The van der Waals surface area contributed by atoms with Crippen LogP contribution in [-0.2, 0) is 9.53 Å². The number of fused-ring (bicyclic) bond motifs is 1. The Morgan fingerprint density at radius 3 is 2.72 bits per heavy atom. The number of hydrogen-bond donors (Lipinski definition) is 1. The molecular formula is C19H20N2O4. The number of nitrogens with zero attached hydrogens (tertiary/aromatic N) is 2. The van der Waals surface area contributed by atoms with E-state index in [1.165, 1.54) is 0 Å². The number of benzene rings is 1. The highest BCUT2D eigenvalue weighted by atomic mass is 16.5. The minimum Gasteiger partial charge on any atom is -0.481 e. The lowest BCUT2D eigenvalue weighted by Gasteiger charge is -2.33. The average molecular weight is 340 g/mol. The quantitative estimate of drug-likeness (QED) is 0.928. The van der Waals surface area contributed by atoms with Crippen LogP contribution in [0.15, 0.2) is 48.8 Å². The molecule has 0 unspecified atom stereocenters. The molecule has 3 heterocycles. The molecule has 6 heteroatoms. The summed E-state index contributed by atoms with van der Waals surface area (Å²) in [6.45, 7) is 1.52. The van der Waals surface area contributed by atoms with Gasteiger partial charge in [-0.1, -0.05) is 6.07 Å². The van der Waals surface area contributed by atoms with E-state index in [1.807, 2.05) is 47.3 Å². The molecule has 2 saturated heterocycles. The first-order valence-electron chi connectivity index (χ1n) is 8.44. The van der Waals surface area contributed by atoms with Crippen LogP contribution in [0.25, 0.3) is 5.69 Å². The van der Waals surface area contributed by atoms with Crippen LogP contribution < -0.4 is 0 Å². The molecule has 4 rings (SSSR count). The van der Waals surface area contributed by atoms with E-state index in [9.17, 15) is 14.7 Å². The molecule has 25 heavy (non-hydrogen) atoms. The van der Waals surface area contributed by atoms with Crippen LogP contribution in [0.5, 0.6) is 0 Å². The second-order valence-corrected chi connectivity index (χ2v) is 6.81. The van der Waals surface area contributed by atoms with Crippen molar-refractivity contribution < 1.29 is 19.4 Å². The minimum atomic E-state index is -0.869. The zero-order valence-corrected chi connectivity index (χ0v) is 13.8. The van der Waals surface area contributed by atoms with Gasteiger partial charge in [-0.15, -0.1) is 0 Å². The maximum atomic E-state index is 13.0. The van der Waals surface area contributed by atoms with E-state index in [0.29, 0.717) is 31.7 Å². The second-order valence-electron chi connectivity index (χ2n) is 6.81. The third-order valence-electron chi connectivity index (χ3n) is 5.42. The van der Waals surface area contributed by atoms with Gasteiger partial charge in [-0.3, -0.25) is 9.59 Å². The highest BCUT2D eigenvalue weighted by molar-refractivity contribution is 5.95. The maximum absolute atomic E-state index is 13.0. The molecule has 2 aliphatic rings. The zero-order valence-electron chi connectivity index (χ0n) is 13.8. The van der Waals surface area contributed by atoms with Gasteiger partial charge in [0.15, 0.2) is 0 Å². The molecule has 130 valence electrons. The van der Waals surface area contributed by atoms with Crippen molar-refractivity contribution in [2.24, 2.45) is 11.3 Å². The van der Waals surface area contributed by atoms with E-state index < -0.39 is 11.4 Å². The standard InChI is InChI=1S/C19H20N2O4/c22-17(14-4-3-5-16(10-14)20-7-1-2-8-20)21-11-15-12-25-9-6-19(15,13-21)18(23)24/h1-5,7-8,10,15H,6,9,11-13H2,(H,23,24)/t15-,19+/m0/s1. The topological polar surface area (TPSA) is 71.8 Å². The molecule has 6 nitrogen and oxygen atoms in total. The van der Waals surface area contributed by atoms with Crippen molar-refractivity contribution in [1.29, 1.82) is 0 Å². The smallest absolute Gasteiger partial charge is 0.311 e. The molecule has 0 saturated carbocycles. The van der Waals surface area contributed by atoms with Crippen molar-refractivity contribution in [3.8, 4) is 5.69 Å². The number of carbonyl (C=O) groups is 2. The molecule has 1 amide bonds. The summed E-state index contributed by atoms with van der Waals surface area (Å²) in [6.07, 6.45) is 4.30. The van der Waals surface area contributed by atoms with E-state index in [1.54, 1.807) is 11.0 Å². The third-order valence-corrected chi connectivity index (χ3v) is 5.42. The number of aromatic nitrogens is 1. The predicted molar refractivity (Wildman–Crippen MR) is 90.7 cm³/mol. The van der Waals surface area contributed by atoms with Crippen LogP contribution in [0.1, 0.15) is 16.8 Å². The van der Waals surface area contributed by atoms with Crippen LogP contribution in [-0.4, -0.2) is 52.8 Å². The first-order valence-corrected chi connectivity index (χ1v) is 8.44. The Bertz CT molecular complexity index is 802. The highest BCUT2D eigenvalue weighted by Gasteiger charge is 2.54. The number of rotatable bonds is 3. The van der Waals surface area contributed by atoms with Gasteiger partial charge in [0, 0.05) is 49.3 Å². The average Bonchev–Trinajstić information content (AvgIpc) is 3.29. The van der Waals surface area contributed by atoms with Gasteiger partial charge in [0.05, 0.1) is 12.0 Å². The number of hydrogen-bond acceptors (Lipinski definition) is 3. The first kappa shape index (κ1) is 15.9. The van der Waals surface area contributed by atoms with Gasteiger partial charge < -0.3 is 19.3 Å². The summed E-state index contributed by atoms with van der Waals surface area (Å²) >= 11 is 0. The van der Waals surface area contributed by atoms with E-state index in [2.05, 4.69) is 0 Å². The number of carboxylic acid groups (broad SMARTS) is 1. The zero-order chi connectivity index (χ0) is 17.4. The number of carbonyl (C=O) groups excluding carboxylic acids is 1. The molecule has 0 aliphatic carbocycles. The summed E-state index contributed by atoms with van der Waals surface area (Å²) in [5.41, 5.74) is 0.612. The second kappa shape index (κ2) is 6.04. The molecule has 0 spiro atoms. The molecule has 1 aromatic carbocycles. The number of ether oxygens (including phenoxy) is 1. The van der Waals surface area contributed by atoms with E-state index in [0.717, 1.165) is 5.69 Å². The van der Waals surface area contributed by atoms with Crippen molar-refractivity contribution in [3.05, 3.63) is 54.4 Å². The fraction of sp³-hybridized carbons (Fsp3) is 0.368. The maximum Gasteiger partial charge on any atom is 0.311 e. The van der Waals surface area contributed by atoms with Gasteiger partial charge in [0.2, 0.25) is 0 Å². The van der Waals surface area contributed by atoms with E-state index >= 15 is 0 Å². The number of carboxylic acids is 1. The molecule has 2 atom stereocenters. The Morgan fingerprint density at radius 2 is 2.00 bits per heavy atom. The van der Waals surface area contributed by atoms with Gasteiger partial charge in [0.1, 0.15) is 0 Å². The van der Waals surface area contributed by atoms with Gasteiger partial charge >= 0.3 is 5.97 Å². The highest BCUT2D eigenvalue weighted by Crippen LogP contribution is 2.42. The summed E-state index contributed by atoms with van der Waals surface area (Å²) in [4.78, 5) is 26.5. The summed E-state index contributed by atoms with van der Waals surface area (Å²) in [5.74, 6) is -1.09. The number of amides is 1. The molecule has 2 aromatic rings. The van der Waals surface area contributed by atoms with Crippen LogP contribution in [0, 0.1) is 11.3 Å². The SMILES string of the molecule is O=C(c1cccc(-n2cccc2)c1)N1C[C@H]2COCC[C@@]2(C(=O)O)C1. The Morgan fingerprint density at radius 1 is 1.20 bits per heavy atom. The van der Waals surface area contributed by atoms with Gasteiger partial charge in [-0.2, -0.15) is 0 Å². The monoisotopic (exact) mass is 340 g/mol. The van der Waals surface area contributed by atoms with Crippen molar-refractivity contribution in [2.75, 3.05) is 26.3 Å². The largest absolute Gasteiger partial charge is 0.481 e. The molecule has 0 bridgehead atoms. The molecule has 2 aliphatic heterocycles. The number of aliphatic carboxylic acids is 1. The van der Waals surface area contributed by atoms with Crippen LogP contribution in [0.2, 0.25) is 0 Å². The Labute approximate surface area is 145 Å². The normalized spacial score (nSPS) is 25.6. The van der Waals surface area contributed by atoms with Crippen LogP contribution >= 0.6 is 0 Å². The lowest BCUT2D eigenvalue weighted by Crippen LogP contribution is -2.45. The van der Waals surface area contributed by atoms with E-state index in [4.69, 9.17) is 4.74 Å². The van der Waals surface area contributed by atoms with Crippen LogP contribution in [0.3, 0.4) is 0 Å². The molecule has 1 aromatic heterocycles. The summed E-state index contributed by atoms with van der Waals surface area (Å²) in [7, 11) is 0. The third kappa shape index (κ3) is 2.62. The van der Waals surface area contributed by atoms with Crippen molar-refractivity contribution in [3.63, 3.8) is 0 Å². The first-order chi connectivity index (χ1) is 12.1. The van der Waals surface area contributed by atoms with Crippen molar-refractivity contribution in [2.45, 2.75) is 6.42 Å². The predicted octanol–water partition coefficient (Wildman–Crippen LogP) is 2.04. The molecule has 0 radical (unpaired) electrons. The Balaban J connectivity index is 1.60. The lowest BCUT2D eigenvalue weighted by molar-refractivity contribution is -0.157. The molecular weight excluding hydrogens is 320 g/mol. The Kier molecular flexibility index (Phi) is 3.84. The van der Waals surface area contributed by atoms with Gasteiger partial charge in [0.25, 0.3) is 5.91 Å². The summed E-state index contributed by atoms with van der Waals surface area (Å²) in [6, 6.07) is 11.3. The van der Waals surface area contributed by atoms with Gasteiger partial charge in [-0.05, 0) is 36.8 Å². The number of likely N-dealkylation sites (tertiary alicyclic amines) is 1. The summed E-state index contributed by atoms with van der Waals surface area (Å²) in [5, 5.41) is 9.74. The minimum absolute atomic E-state index is 0.121. The fourth-order valence-electron chi connectivity index (χ4n) is 3.94. The fourth-order valence-corrected chi connectivity index (χ4v) is 3.94. The summed E-state index contributed by atoms with van der Waals surface area (Å²) < 4.78 is 7.39. The van der Waals surface area contributed by atoms with Crippen molar-refractivity contribution in [1.82, 2.24) is 9.47 Å². The molecule has 2 fully saturated rings.